The van der Waals surface area contributed by atoms with Gasteiger partial charge >= 0.3 is 0 Å². The van der Waals surface area contributed by atoms with Gasteiger partial charge in [-0.3, -0.25) is 9.88 Å². The van der Waals surface area contributed by atoms with Crippen LogP contribution in [0.4, 0.5) is 0 Å². The van der Waals surface area contributed by atoms with E-state index in [0.717, 1.165) is 36.6 Å². The largest absolute Gasteiger partial charge is 0.381 e. The summed E-state index contributed by atoms with van der Waals surface area (Å²) in [5.41, 5.74) is 4.52. The number of methoxy groups -OCH3 is 1. The van der Waals surface area contributed by atoms with Crippen LogP contribution in [0.25, 0.3) is 16.9 Å². The molecule has 1 saturated heterocycles. The maximum Gasteiger partial charge on any atom is 0.0973 e. The van der Waals surface area contributed by atoms with Crippen LogP contribution in [0.2, 0.25) is 0 Å². The number of benzene rings is 1. The molecule has 2 fully saturated rings. The van der Waals surface area contributed by atoms with E-state index in [-0.39, 0.29) is 0 Å². The number of piperidine rings is 1. The van der Waals surface area contributed by atoms with Crippen molar-refractivity contribution in [3.63, 3.8) is 0 Å². The van der Waals surface area contributed by atoms with Crippen molar-refractivity contribution < 1.29 is 4.74 Å². The predicted octanol–water partition coefficient (Wildman–Crippen LogP) is 3.79. The molecule has 3 heterocycles. The molecule has 1 aromatic carbocycles. The molecular formula is C23H26N4O. The van der Waals surface area contributed by atoms with Gasteiger partial charge in [0.25, 0.3) is 0 Å². The topological polar surface area (TPSA) is 43.2 Å². The van der Waals surface area contributed by atoms with Crippen molar-refractivity contribution in [1.82, 2.24) is 19.7 Å². The van der Waals surface area contributed by atoms with Gasteiger partial charge in [0.15, 0.2) is 0 Å². The summed E-state index contributed by atoms with van der Waals surface area (Å²) in [5, 5.41) is 4.94. The lowest BCUT2D eigenvalue weighted by Crippen LogP contribution is -2.45. The Morgan fingerprint density at radius 2 is 1.71 bits per heavy atom. The Balaban J connectivity index is 1.46. The van der Waals surface area contributed by atoms with Crippen molar-refractivity contribution in [2.75, 3.05) is 20.2 Å². The fraction of sp³-hybridized carbons (Fsp3) is 0.391. The van der Waals surface area contributed by atoms with Gasteiger partial charge in [-0.1, -0.05) is 18.2 Å². The van der Waals surface area contributed by atoms with Crippen LogP contribution in [0, 0.1) is 11.8 Å². The number of pyridine rings is 1. The van der Waals surface area contributed by atoms with Crippen LogP contribution in [0.5, 0.6) is 0 Å². The van der Waals surface area contributed by atoms with E-state index in [1.165, 1.54) is 18.4 Å². The standard InChI is InChI=1S/C23H26N4O/c1-28-23-18-7-8-19(23)14-26(13-18)15-20-16-27(21-5-3-2-4-6-21)25-22(20)17-9-11-24-12-10-17/h2-6,9-12,16,18-19,23H,7-8,13-15H2,1H3/t18-,19+,23?. The van der Waals surface area contributed by atoms with Gasteiger partial charge in [-0.2, -0.15) is 5.10 Å². The number of nitrogens with zero attached hydrogens (tertiary/aromatic N) is 4. The third-order valence-corrected chi connectivity index (χ3v) is 6.25. The molecule has 0 spiro atoms. The van der Waals surface area contributed by atoms with E-state index in [4.69, 9.17) is 9.84 Å². The van der Waals surface area contributed by atoms with Crippen LogP contribution in [0.1, 0.15) is 18.4 Å². The minimum Gasteiger partial charge on any atom is -0.381 e. The summed E-state index contributed by atoms with van der Waals surface area (Å²) in [6, 6.07) is 14.4. The zero-order chi connectivity index (χ0) is 18.9. The highest BCUT2D eigenvalue weighted by Crippen LogP contribution is 2.39. The van der Waals surface area contributed by atoms with E-state index in [1.807, 2.05) is 42.4 Å². The molecule has 5 heteroatoms. The molecule has 2 aliphatic rings. The molecule has 1 aliphatic heterocycles. The Labute approximate surface area is 166 Å². The average molecular weight is 374 g/mol. The van der Waals surface area contributed by atoms with Crippen LogP contribution in [0.3, 0.4) is 0 Å². The molecule has 1 unspecified atom stereocenters. The van der Waals surface area contributed by atoms with Gasteiger partial charge in [0.05, 0.1) is 17.5 Å². The number of hydrogen-bond acceptors (Lipinski definition) is 4. The first kappa shape index (κ1) is 17.6. The molecule has 3 aromatic rings. The predicted molar refractivity (Wildman–Crippen MR) is 109 cm³/mol. The van der Waals surface area contributed by atoms with E-state index in [2.05, 4.69) is 40.3 Å². The molecule has 0 radical (unpaired) electrons. The summed E-state index contributed by atoms with van der Waals surface area (Å²) in [5.74, 6) is 1.33. The monoisotopic (exact) mass is 374 g/mol. The number of likely N-dealkylation sites (tertiary alicyclic amines) is 1. The van der Waals surface area contributed by atoms with Gasteiger partial charge in [0.1, 0.15) is 0 Å². The van der Waals surface area contributed by atoms with Gasteiger partial charge in [0.2, 0.25) is 0 Å². The molecule has 5 nitrogen and oxygen atoms in total. The maximum absolute atomic E-state index is 5.78. The number of rotatable bonds is 5. The van der Waals surface area contributed by atoms with Crippen molar-refractivity contribution in [2.45, 2.75) is 25.5 Å². The normalized spacial score (nSPS) is 24.5. The third-order valence-electron chi connectivity index (χ3n) is 6.25. The third kappa shape index (κ3) is 3.25. The molecule has 0 N–H and O–H groups in total. The first-order chi connectivity index (χ1) is 13.8. The minimum absolute atomic E-state index is 0.447. The maximum atomic E-state index is 5.78. The highest BCUT2D eigenvalue weighted by atomic mass is 16.5. The van der Waals surface area contributed by atoms with Crippen molar-refractivity contribution in [3.05, 3.63) is 66.6 Å². The average Bonchev–Trinajstić information content (AvgIpc) is 3.27. The molecule has 3 atom stereocenters. The number of ether oxygens (including phenoxy) is 1. The summed E-state index contributed by atoms with van der Waals surface area (Å²) < 4.78 is 7.78. The molecule has 1 aliphatic carbocycles. The molecule has 0 amide bonds. The van der Waals surface area contributed by atoms with E-state index in [1.54, 1.807) is 0 Å². The second-order valence-electron chi connectivity index (χ2n) is 8.01. The zero-order valence-corrected chi connectivity index (χ0v) is 16.2. The second-order valence-corrected chi connectivity index (χ2v) is 8.01. The van der Waals surface area contributed by atoms with Crippen molar-refractivity contribution >= 4 is 0 Å². The van der Waals surface area contributed by atoms with E-state index >= 15 is 0 Å². The van der Waals surface area contributed by atoms with Crippen LogP contribution in [-0.2, 0) is 11.3 Å². The van der Waals surface area contributed by atoms with Gasteiger partial charge in [-0.15, -0.1) is 0 Å². The highest BCUT2D eigenvalue weighted by molar-refractivity contribution is 5.62. The van der Waals surface area contributed by atoms with E-state index in [9.17, 15) is 0 Å². The number of hydrogen-bond donors (Lipinski definition) is 0. The molecule has 1 saturated carbocycles. The molecule has 2 bridgehead atoms. The molecule has 28 heavy (non-hydrogen) atoms. The first-order valence-corrected chi connectivity index (χ1v) is 10.1. The fourth-order valence-corrected chi connectivity index (χ4v) is 5.02. The molecule has 5 rings (SSSR count). The Morgan fingerprint density at radius 1 is 1.00 bits per heavy atom. The van der Waals surface area contributed by atoms with Gasteiger partial charge < -0.3 is 4.74 Å². The minimum atomic E-state index is 0.447. The lowest BCUT2D eigenvalue weighted by molar-refractivity contribution is -0.0179. The molecular weight excluding hydrogens is 348 g/mol. The second kappa shape index (κ2) is 7.49. The molecule has 144 valence electrons. The van der Waals surface area contributed by atoms with Crippen LogP contribution in [0.15, 0.2) is 61.1 Å². The number of aromatic nitrogens is 3. The quantitative estimate of drug-likeness (QED) is 0.681. The fourth-order valence-electron chi connectivity index (χ4n) is 5.02. The Hall–Kier alpha value is -2.50. The summed E-state index contributed by atoms with van der Waals surface area (Å²) in [6.45, 7) is 3.15. The van der Waals surface area contributed by atoms with Crippen LogP contribution in [-0.4, -0.2) is 46.0 Å². The zero-order valence-electron chi connectivity index (χ0n) is 16.2. The van der Waals surface area contributed by atoms with Crippen molar-refractivity contribution in [1.29, 1.82) is 0 Å². The summed E-state index contributed by atoms with van der Waals surface area (Å²) in [7, 11) is 1.87. The Morgan fingerprint density at radius 3 is 2.39 bits per heavy atom. The van der Waals surface area contributed by atoms with E-state index < -0.39 is 0 Å². The van der Waals surface area contributed by atoms with E-state index in [0.29, 0.717) is 17.9 Å². The smallest absolute Gasteiger partial charge is 0.0973 e. The first-order valence-electron chi connectivity index (χ1n) is 10.1. The lowest BCUT2D eigenvalue weighted by atomic mass is 9.94. The lowest BCUT2D eigenvalue weighted by Gasteiger charge is -2.37. The molecule has 2 aromatic heterocycles. The summed E-state index contributed by atoms with van der Waals surface area (Å²) in [4.78, 5) is 6.76. The van der Waals surface area contributed by atoms with Crippen molar-refractivity contribution in [2.24, 2.45) is 11.8 Å². The highest BCUT2D eigenvalue weighted by Gasteiger charge is 2.42. The van der Waals surface area contributed by atoms with Gasteiger partial charge in [0, 0.05) is 56.5 Å². The Bertz CT molecular complexity index is 910. The SMILES string of the molecule is COC1[C@@H]2CC[C@H]1CN(Cc1cn(-c3ccccc3)nc1-c1ccncc1)C2. The van der Waals surface area contributed by atoms with Gasteiger partial charge in [-0.05, 0) is 48.9 Å². The summed E-state index contributed by atoms with van der Waals surface area (Å²) >= 11 is 0. The van der Waals surface area contributed by atoms with Crippen molar-refractivity contribution in [3.8, 4) is 16.9 Å². The number of para-hydroxylation sites is 1. The number of fused-ring (bicyclic) bond motifs is 2. The Kier molecular flexibility index (Phi) is 4.71. The van der Waals surface area contributed by atoms with Crippen LogP contribution >= 0.6 is 0 Å². The summed E-state index contributed by atoms with van der Waals surface area (Å²) in [6.07, 6.45) is 8.90. The van der Waals surface area contributed by atoms with Gasteiger partial charge in [-0.25, -0.2) is 4.68 Å². The van der Waals surface area contributed by atoms with Crippen LogP contribution < -0.4 is 0 Å².